The standard InChI is InChI=1S/C13H21NOS/c1-11(2)10-16-8-4-7-15-13-6-3-5-12(14)9-13/h3,5-6,9,11H,4,7-8,10,14H2,1-2H3. The highest BCUT2D eigenvalue weighted by molar-refractivity contribution is 7.99. The zero-order valence-electron chi connectivity index (χ0n) is 10.1. The topological polar surface area (TPSA) is 35.2 Å². The summed E-state index contributed by atoms with van der Waals surface area (Å²) in [6.45, 7) is 5.26. The summed E-state index contributed by atoms with van der Waals surface area (Å²) in [6, 6.07) is 7.59. The van der Waals surface area contributed by atoms with Gasteiger partial charge in [-0.25, -0.2) is 0 Å². The number of benzene rings is 1. The summed E-state index contributed by atoms with van der Waals surface area (Å²) >= 11 is 1.99. The van der Waals surface area contributed by atoms with Gasteiger partial charge in [-0.15, -0.1) is 0 Å². The number of anilines is 1. The van der Waals surface area contributed by atoms with Crippen LogP contribution in [0.3, 0.4) is 0 Å². The summed E-state index contributed by atoms with van der Waals surface area (Å²) in [5.74, 6) is 4.05. The third-order valence-electron chi connectivity index (χ3n) is 2.01. The molecular weight excluding hydrogens is 218 g/mol. The monoisotopic (exact) mass is 239 g/mol. The van der Waals surface area contributed by atoms with E-state index in [2.05, 4.69) is 13.8 Å². The number of nitrogen functional groups attached to an aromatic ring is 1. The van der Waals surface area contributed by atoms with Crippen molar-refractivity contribution in [3.05, 3.63) is 24.3 Å². The zero-order valence-corrected chi connectivity index (χ0v) is 10.9. The molecule has 0 aliphatic carbocycles. The maximum atomic E-state index is 5.66. The van der Waals surface area contributed by atoms with E-state index < -0.39 is 0 Å². The smallest absolute Gasteiger partial charge is 0.121 e. The Balaban J connectivity index is 2.07. The number of rotatable bonds is 7. The Kier molecular flexibility index (Phi) is 6.16. The van der Waals surface area contributed by atoms with Crippen molar-refractivity contribution in [3.63, 3.8) is 0 Å². The third-order valence-corrected chi connectivity index (χ3v) is 3.49. The first-order chi connectivity index (χ1) is 7.68. The van der Waals surface area contributed by atoms with Crippen LogP contribution in [0.5, 0.6) is 5.75 Å². The summed E-state index contributed by atoms with van der Waals surface area (Å²) in [5.41, 5.74) is 6.42. The Morgan fingerprint density at radius 2 is 2.19 bits per heavy atom. The van der Waals surface area contributed by atoms with E-state index in [4.69, 9.17) is 10.5 Å². The first kappa shape index (κ1) is 13.2. The average Bonchev–Trinajstić information content (AvgIpc) is 2.23. The van der Waals surface area contributed by atoms with Gasteiger partial charge in [0.1, 0.15) is 5.75 Å². The summed E-state index contributed by atoms with van der Waals surface area (Å²) < 4.78 is 5.60. The molecule has 16 heavy (non-hydrogen) atoms. The number of ether oxygens (including phenoxy) is 1. The third kappa shape index (κ3) is 5.91. The van der Waals surface area contributed by atoms with Crippen LogP contribution in [0.2, 0.25) is 0 Å². The minimum atomic E-state index is 0.756. The predicted octanol–water partition coefficient (Wildman–Crippen LogP) is 3.43. The highest BCUT2D eigenvalue weighted by atomic mass is 32.2. The predicted molar refractivity (Wildman–Crippen MR) is 73.1 cm³/mol. The molecule has 2 N–H and O–H groups in total. The van der Waals surface area contributed by atoms with Crippen LogP contribution in [-0.4, -0.2) is 18.1 Å². The molecule has 0 unspecified atom stereocenters. The van der Waals surface area contributed by atoms with Gasteiger partial charge in [0.25, 0.3) is 0 Å². The van der Waals surface area contributed by atoms with Crippen molar-refractivity contribution >= 4 is 17.4 Å². The van der Waals surface area contributed by atoms with E-state index in [0.717, 1.165) is 30.4 Å². The van der Waals surface area contributed by atoms with E-state index in [1.165, 1.54) is 11.5 Å². The maximum absolute atomic E-state index is 5.66. The lowest BCUT2D eigenvalue weighted by molar-refractivity contribution is 0.319. The van der Waals surface area contributed by atoms with Crippen molar-refractivity contribution in [3.8, 4) is 5.75 Å². The summed E-state index contributed by atoms with van der Waals surface area (Å²) in [6.07, 6.45) is 1.09. The van der Waals surface area contributed by atoms with Crippen LogP contribution in [0.25, 0.3) is 0 Å². The molecule has 3 heteroatoms. The fraction of sp³-hybridized carbons (Fsp3) is 0.538. The van der Waals surface area contributed by atoms with Crippen LogP contribution in [0.15, 0.2) is 24.3 Å². The van der Waals surface area contributed by atoms with Crippen LogP contribution in [-0.2, 0) is 0 Å². The van der Waals surface area contributed by atoms with E-state index in [1.54, 1.807) is 0 Å². The van der Waals surface area contributed by atoms with Crippen molar-refractivity contribution < 1.29 is 4.74 Å². The van der Waals surface area contributed by atoms with Gasteiger partial charge in [0.2, 0.25) is 0 Å². The van der Waals surface area contributed by atoms with Crippen LogP contribution < -0.4 is 10.5 Å². The second kappa shape index (κ2) is 7.44. The van der Waals surface area contributed by atoms with E-state index in [0.29, 0.717) is 0 Å². The lowest BCUT2D eigenvalue weighted by Crippen LogP contribution is -2.00. The molecule has 1 aromatic carbocycles. The van der Waals surface area contributed by atoms with Gasteiger partial charge in [0, 0.05) is 11.8 Å². The molecule has 2 nitrogen and oxygen atoms in total. The van der Waals surface area contributed by atoms with Gasteiger partial charge in [-0.05, 0) is 36.0 Å². The van der Waals surface area contributed by atoms with Crippen LogP contribution in [0.4, 0.5) is 5.69 Å². The first-order valence-corrected chi connectivity index (χ1v) is 6.90. The second-order valence-electron chi connectivity index (χ2n) is 4.24. The average molecular weight is 239 g/mol. The lowest BCUT2D eigenvalue weighted by atomic mass is 10.3. The van der Waals surface area contributed by atoms with E-state index in [9.17, 15) is 0 Å². The molecule has 1 aromatic rings. The van der Waals surface area contributed by atoms with Gasteiger partial charge < -0.3 is 10.5 Å². The molecule has 0 saturated heterocycles. The molecule has 0 atom stereocenters. The molecule has 0 spiro atoms. The van der Waals surface area contributed by atoms with Gasteiger partial charge in [0.15, 0.2) is 0 Å². The van der Waals surface area contributed by atoms with Gasteiger partial charge in [-0.1, -0.05) is 19.9 Å². The van der Waals surface area contributed by atoms with Gasteiger partial charge in [0.05, 0.1) is 6.61 Å². The molecule has 0 amide bonds. The van der Waals surface area contributed by atoms with Crippen molar-refractivity contribution in [1.29, 1.82) is 0 Å². The van der Waals surface area contributed by atoms with E-state index >= 15 is 0 Å². The highest BCUT2D eigenvalue weighted by Crippen LogP contribution is 2.15. The molecule has 0 aromatic heterocycles. The van der Waals surface area contributed by atoms with Crippen molar-refractivity contribution in [2.45, 2.75) is 20.3 Å². The van der Waals surface area contributed by atoms with Gasteiger partial charge in [-0.3, -0.25) is 0 Å². The molecule has 0 aliphatic rings. The number of thioether (sulfide) groups is 1. The number of hydrogen-bond acceptors (Lipinski definition) is 3. The van der Waals surface area contributed by atoms with E-state index in [1.807, 2.05) is 36.0 Å². The van der Waals surface area contributed by atoms with Gasteiger partial charge >= 0.3 is 0 Å². The van der Waals surface area contributed by atoms with E-state index in [-0.39, 0.29) is 0 Å². The SMILES string of the molecule is CC(C)CSCCCOc1cccc(N)c1. The molecular formula is C13H21NOS. The van der Waals surface area contributed by atoms with Gasteiger partial charge in [-0.2, -0.15) is 11.8 Å². The number of hydrogen-bond donors (Lipinski definition) is 1. The summed E-state index contributed by atoms with van der Waals surface area (Å²) in [4.78, 5) is 0. The van der Waals surface area contributed by atoms with Crippen molar-refractivity contribution in [1.82, 2.24) is 0 Å². The quantitative estimate of drug-likeness (QED) is 0.585. The minimum absolute atomic E-state index is 0.756. The molecule has 0 radical (unpaired) electrons. The first-order valence-electron chi connectivity index (χ1n) is 5.74. The zero-order chi connectivity index (χ0) is 11.8. The minimum Gasteiger partial charge on any atom is -0.493 e. The van der Waals surface area contributed by atoms with Crippen molar-refractivity contribution in [2.75, 3.05) is 23.8 Å². The Morgan fingerprint density at radius 3 is 2.88 bits per heavy atom. The molecule has 0 aliphatic heterocycles. The highest BCUT2D eigenvalue weighted by Gasteiger charge is 1.96. The summed E-state index contributed by atoms with van der Waals surface area (Å²) in [5, 5.41) is 0. The Hall–Kier alpha value is -0.830. The normalized spacial score (nSPS) is 10.7. The molecule has 90 valence electrons. The fourth-order valence-electron chi connectivity index (χ4n) is 1.27. The second-order valence-corrected chi connectivity index (χ2v) is 5.39. The molecule has 0 bridgehead atoms. The Morgan fingerprint density at radius 1 is 1.38 bits per heavy atom. The molecule has 0 fully saturated rings. The number of nitrogens with two attached hydrogens (primary N) is 1. The Bertz CT molecular complexity index is 302. The largest absolute Gasteiger partial charge is 0.493 e. The maximum Gasteiger partial charge on any atom is 0.121 e. The summed E-state index contributed by atoms with van der Waals surface area (Å²) in [7, 11) is 0. The molecule has 0 saturated carbocycles. The molecule has 0 heterocycles. The lowest BCUT2D eigenvalue weighted by Gasteiger charge is -2.07. The van der Waals surface area contributed by atoms with Crippen LogP contribution >= 0.6 is 11.8 Å². The fourth-order valence-corrected chi connectivity index (χ4v) is 2.23. The van der Waals surface area contributed by atoms with Crippen LogP contribution in [0.1, 0.15) is 20.3 Å². The Labute approximate surface area is 103 Å². The van der Waals surface area contributed by atoms with Crippen molar-refractivity contribution in [2.24, 2.45) is 5.92 Å². The van der Waals surface area contributed by atoms with Crippen LogP contribution in [0, 0.1) is 5.92 Å². The molecule has 1 rings (SSSR count).